The van der Waals surface area contributed by atoms with Gasteiger partial charge in [-0.25, -0.2) is 4.39 Å². The first-order chi connectivity index (χ1) is 8.68. The third-order valence-electron chi connectivity index (χ3n) is 4.06. The van der Waals surface area contributed by atoms with Crippen molar-refractivity contribution in [3.63, 3.8) is 0 Å². The van der Waals surface area contributed by atoms with E-state index in [0.717, 1.165) is 0 Å². The number of hydrogen-bond acceptors (Lipinski definition) is 1. The predicted molar refractivity (Wildman–Crippen MR) is 82.0 cm³/mol. The van der Waals surface area contributed by atoms with Crippen LogP contribution in [0.25, 0.3) is 0 Å². The van der Waals surface area contributed by atoms with Gasteiger partial charge in [0, 0.05) is 12.5 Å². The van der Waals surface area contributed by atoms with E-state index in [0.29, 0.717) is 16.6 Å². The molecule has 0 bridgehead atoms. The van der Waals surface area contributed by atoms with Crippen LogP contribution in [-0.2, 0) is 0 Å². The van der Waals surface area contributed by atoms with Gasteiger partial charge in [-0.1, -0.05) is 47.5 Å². The summed E-state index contributed by atoms with van der Waals surface area (Å²) in [5.74, 6) is 2.77. The van der Waals surface area contributed by atoms with Crippen LogP contribution in [-0.4, -0.2) is 20.3 Å². The van der Waals surface area contributed by atoms with Gasteiger partial charge >= 0.3 is 0 Å². The summed E-state index contributed by atoms with van der Waals surface area (Å²) in [4.78, 5) is 0. The maximum atomic E-state index is 13.8. The molecule has 19 heavy (non-hydrogen) atoms. The molecule has 0 radical (unpaired) electrons. The highest BCUT2D eigenvalue weighted by atomic mass is 28.3. The number of rotatable bonds is 6. The summed E-state index contributed by atoms with van der Waals surface area (Å²) in [5.41, 5.74) is 6.36. The van der Waals surface area contributed by atoms with Crippen LogP contribution in [0.3, 0.4) is 0 Å². The zero-order chi connectivity index (χ0) is 15.2. The predicted octanol–water partition coefficient (Wildman–Crippen LogP) is 4.80. The molecular formula is C15H29F2NSi. The molecule has 0 fully saturated rings. The van der Waals surface area contributed by atoms with E-state index in [2.05, 4.69) is 53.0 Å². The number of hydrogen-bond donors (Lipinski definition) is 1. The lowest BCUT2D eigenvalue weighted by Crippen LogP contribution is -2.43. The average molecular weight is 289 g/mol. The molecule has 0 amide bonds. The fraction of sp³-hybridized carbons (Fsp3) is 0.867. The highest BCUT2D eigenvalue weighted by Gasteiger charge is 2.41. The molecule has 2 unspecified atom stereocenters. The van der Waals surface area contributed by atoms with Crippen molar-refractivity contribution >= 4 is 8.07 Å². The van der Waals surface area contributed by atoms with E-state index in [9.17, 15) is 8.87 Å². The van der Waals surface area contributed by atoms with Crippen molar-refractivity contribution in [3.8, 4) is 11.5 Å². The van der Waals surface area contributed by atoms with E-state index >= 15 is 0 Å². The monoisotopic (exact) mass is 289 g/mol. The smallest absolute Gasteiger partial charge is 0.161 e. The van der Waals surface area contributed by atoms with Gasteiger partial charge in [-0.05, 0) is 23.5 Å². The SMILES string of the molecule is CC(CC(F)C#C[Si](C(C)C)(C(C)C)C(C)C)NF. The number of nitrogens with one attached hydrogen (secondary N) is 1. The van der Waals surface area contributed by atoms with Gasteiger partial charge in [0.1, 0.15) is 8.07 Å². The normalized spacial score (nSPS) is 15.6. The largest absolute Gasteiger partial charge is 0.233 e. The van der Waals surface area contributed by atoms with Crippen molar-refractivity contribution in [3.05, 3.63) is 0 Å². The van der Waals surface area contributed by atoms with Crippen LogP contribution in [0.5, 0.6) is 0 Å². The minimum absolute atomic E-state index is 0.0995. The number of halogens is 2. The van der Waals surface area contributed by atoms with Gasteiger partial charge in [0.2, 0.25) is 0 Å². The summed E-state index contributed by atoms with van der Waals surface area (Å²) >= 11 is 0. The topological polar surface area (TPSA) is 12.0 Å². The summed E-state index contributed by atoms with van der Waals surface area (Å²) in [6.07, 6.45) is -1.15. The van der Waals surface area contributed by atoms with E-state index in [1.54, 1.807) is 12.5 Å². The van der Waals surface area contributed by atoms with Crippen molar-refractivity contribution in [1.82, 2.24) is 5.54 Å². The summed E-state index contributed by atoms with van der Waals surface area (Å²) in [6.45, 7) is 14.8. The zero-order valence-corrected chi connectivity index (χ0v) is 14.3. The van der Waals surface area contributed by atoms with Crippen LogP contribution in [0.4, 0.5) is 8.87 Å². The maximum Gasteiger partial charge on any atom is 0.161 e. The van der Waals surface area contributed by atoms with Crippen LogP contribution in [0.15, 0.2) is 0 Å². The second kappa shape index (κ2) is 8.01. The van der Waals surface area contributed by atoms with Gasteiger partial charge in [0.15, 0.2) is 6.17 Å². The average Bonchev–Trinajstić information content (AvgIpc) is 2.27. The Balaban J connectivity index is 5.14. The van der Waals surface area contributed by atoms with Crippen molar-refractivity contribution in [2.75, 3.05) is 0 Å². The Hall–Kier alpha value is -0.403. The lowest BCUT2D eigenvalue weighted by atomic mass is 10.2. The van der Waals surface area contributed by atoms with Crippen LogP contribution in [0.2, 0.25) is 16.6 Å². The molecule has 1 nitrogen and oxygen atoms in total. The fourth-order valence-electron chi connectivity index (χ4n) is 3.05. The van der Waals surface area contributed by atoms with Crippen LogP contribution < -0.4 is 5.54 Å². The van der Waals surface area contributed by atoms with Gasteiger partial charge in [-0.2, -0.15) is 5.54 Å². The van der Waals surface area contributed by atoms with Gasteiger partial charge in [0.25, 0.3) is 0 Å². The first-order valence-corrected chi connectivity index (χ1v) is 9.44. The molecular weight excluding hydrogens is 260 g/mol. The van der Waals surface area contributed by atoms with Crippen molar-refractivity contribution < 1.29 is 8.87 Å². The molecule has 0 saturated heterocycles. The first kappa shape index (κ1) is 18.6. The third kappa shape index (κ3) is 4.89. The van der Waals surface area contributed by atoms with E-state index in [1.165, 1.54) is 0 Å². The first-order valence-electron chi connectivity index (χ1n) is 7.21. The molecule has 0 aliphatic heterocycles. The highest BCUT2D eigenvalue weighted by molar-refractivity contribution is 6.90. The van der Waals surface area contributed by atoms with Gasteiger partial charge in [-0.3, -0.25) is 0 Å². The highest BCUT2D eigenvalue weighted by Crippen LogP contribution is 2.40. The van der Waals surface area contributed by atoms with E-state index in [1.807, 2.05) is 0 Å². The molecule has 0 aromatic heterocycles. The van der Waals surface area contributed by atoms with Crippen molar-refractivity contribution in [1.29, 1.82) is 0 Å². The quantitative estimate of drug-likeness (QED) is 0.421. The van der Waals surface area contributed by atoms with Gasteiger partial charge in [-0.15, -0.1) is 10.0 Å². The Bertz CT molecular complexity index is 296. The Morgan fingerprint density at radius 1 is 0.947 bits per heavy atom. The Kier molecular flexibility index (Phi) is 7.84. The summed E-state index contributed by atoms with van der Waals surface area (Å²) in [6, 6.07) is -0.488. The second-order valence-corrected chi connectivity index (χ2v) is 12.0. The van der Waals surface area contributed by atoms with E-state index in [-0.39, 0.29) is 6.42 Å². The Morgan fingerprint density at radius 3 is 1.68 bits per heavy atom. The summed E-state index contributed by atoms with van der Waals surface area (Å²) in [7, 11) is -1.87. The molecule has 0 heterocycles. The lowest BCUT2D eigenvalue weighted by molar-refractivity contribution is 0.242. The fourth-order valence-corrected chi connectivity index (χ4v) is 8.32. The minimum atomic E-state index is -1.87. The number of alkyl halides is 1. The van der Waals surface area contributed by atoms with Crippen LogP contribution in [0, 0.1) is 11.5 Å². The summed E-state index contributed by atoms with van der Waals surface area (Å²) in [5, 5.41) is 0. The molecule has 0 aromatic rings. The molecule has 0 aromatic carbocycles. The molecule has 2 atom stereocenters. The molecule has 0 aliphatic rings. The second-order valence-electron chi connectivity index (χ2n) is 6.38. The van der Waals surface area contributed by atoms with E-state index < -0.39 is 20.3 Å². The third-order valence-corrected chi connectivity index (χ3v) is 10.4. The molecule has 112 valence electrons. The summed E-state index contributed by atoms with van der Waals surface area (Å²) < 4.78 is 26.0. The molecule has 0 spiro atoms. The van der Waals surface area contributed by atoms with E-state index in [4.69, 9.17) is 0 Å². The molecule has 0 saturated carbocycles. The molecule has 0 aliphatic carbocycles. The minimum Gasteiger partial charge on any atom is -0.233 e. The van der Waals surface area contributed by atoms with Crippen LogP contribution >= 0.6 is 0 Å². The standard InChI is InChI=1S/C15H29F2NSi/c1-11(2)19(12(3)4,13(5)6)9-8-15(16)10-14(7)18-17/h11-15,18H,10H2,1-7H3. The maximum absolute atomic E-state index is 13.8. The van der Waals surface area contributed by atoms with Gasteiger partial charge < -0.3 is 0 Å². The molecule has 0 rings (SSSR count). The zero-order valence-electron chi connectivity index (χ0n) is 13.3. The Labute approximate surface area is 118 Å². The van der Waals surface area contributed by atoms with Crippen molar-refractivity contribution in [2.45, 2.75) is 83.7 Å². The van der Waals surface area contributed by atoms with Crippen LogP contribution in [0.1, 0.15) is 54.9 Å². The van der Waals surface area contributed by atoms with Crippen molar-refractivity contribution in [2.24, 2.45) is 0 Å². The lowest BCUT2D eigenvalue weighted by Gasteiger charge is -2.38. The Morgan fingerprint density at radius 2 is 1.37 bits per heavy atom. The molecule has 4 heteroatoms. The molecule has 1 N–H and O–H groups in total. The van der Waals surface area contributed by atoms with Gasteiger partial charge in [0.05, 0.1) is 0 Å².